The topological polar surface area (TPSA) is 42.7 Å². The summed E-state index contributed by atoms with van der Waals surface area (Å²) in [6, 6.07) is 10.9. The zero-order valence-electron chi connectivity index (χ0n) is 12.4. The smallest absolute Gasteiger partial charge is 0.0759 e. The Kier molecular flexibility index (Phi) is 5.74. The first-order chi connectivity index (χ1) is 9.85. The van der Waals surface area contributed by atoms with Crippen molar-refractivity contribution in [2.75, 3.05) is 6.54 Å². The van der Waals surface area contributed by atoms with Gasteiger partial charge in [-0.1, -0.05) is 49.4 Å². The highest BCUT2D eigenvalue weighted by atomic mass is 15.4. The number of hydrogen-bond acceptors (Lipinski definition) is 3. The van der Waals surface area contributed by atoms with Crippen LogP contribution in [0.5, 0.6) is 0 Å². The third kappa shape index (κ3) is 3.90. The van der Waals surface area contributed by atoms with E-state index in [1.54, 1.807) is 0 Å². The monoisotopic (exact) mass is 272 g/mol. The lowest BCUT2D eigenvalue weighted by molar-refractivity contribution is 0.465. The Balaban J connectivity index is 2.16. The molecule has 1 aromatic heterocycles. The summed E-state index contributed by atoms with van der Waals surface area (Å²) in [5.41, 5.74) is 2.52. The number of rotatable bonds is 8. The Morgan fingerprint density at radius 3 is 2.65 bits per heavy atom. The van der Waals surface area contributed by atoms with Crippen LogP contribution in [0.4, 0.5) is 0 Å². The fraction of sp³-hybridized carbons (Fsp3) is 0.500. The Bertz CT molecular complexity index is 492. The van der Waals surface area contributed by atoms with Crippen LogP contribution in [-0.2, 0) is 13.0 Å². The van der Waals surface area contributed by atoms with Crippen LogP contribution in [0.25, 0.3) is 0 Å². The molecule has 4 nitrogen and oxygen atoms in total. The molecule has 108 valence electrons. The van der Waals surface area contributed by atoms with Crippen molar-refractivity contribution in [3.8, 4) is 0 Å². The molecular formula is C16H24N4. The average Bonchev–Trinajstić information content (AvgIpc) is 2.93. The van der Waals surface area contributed by atoms with Crippen LogP contribution in [0.15, 0.2) is 36.5 Å². The maximum Gasteiger partial charge on any atom is 0.0759 e. The van der Waals surface area contributed by atoms with Gasteiger partial charge < -0.3 is 5.32 Å². The van der Waals surface area contributed by atoms with E-state index in [0.717, 1.165) is 32.4 Å². The fourth-order valence-electron chi connectivity index (χ4n) is 2.37. The summed E-state index contributed by atoms with van der Waals surface area (Å²) in [7, 11) is 0. The van der Waals surface area contributed by atoms with Crippen molar-refractivity contribution >= 4 is 0 Å². The van der Waals surface area contributed by atoms with Crippen LogP contribution in [0, 0.1) is 0 Å². The Morgan fingerprint density at radius 2 is 1.95 bits per heavy atom. The van der Waals surface area contributed by atoms with Gasteiger partial charge in [-0.2, -0.15) is 0 Å². The molecule has 0 amide bonds. The molecule has 0 aliphatic heterocycles. The van der Waals surface area contributed by atoms with E-state index in [0.29, 0.717) is 0 Å². The molecule has 0 aliphatic carbocycles. The van der Waals surface area contributed by atoms with Gasteiger partial charge in [0.05, 0.1) is 17.9 Å². The first-order valence-electron chi connectivity index (χ1n) is 7.50. The van der Waals surface area contributed by atoms with Gasteiger partial charge in [-0.25, -0.2) is 4.68 Å². The second-order valence-electron chi connectivity index (χ2n) is 5.08. The molecule has 4 heteroatoms. The Morgan fingerprint density at radius 1 is 1.15 bits per heavy atom. The molecule has 0 radical (unpaired) electrons. The van der Waals surface area contributed by atoms with Crippen LogP contribution in [0.3, 0.4) is 0 Å². The van der Waals surface area contributed by atoms with Crippen LogP contribution >= 0.6 is 0 Å². The molecule has 0 saturated carbocycles. The third-order valence-corrected chi connectivity index (χ3v) is 3.36. The first kappa shape index (κ1) is 14.7. The standard InChI is InChI=1S/C16H24N4/c1-3-10-17-15(12-14-8-6-5-7-9-14)16-13-18-19-20(16)11-4-2/h5-9,13,15,17H,3-4,10-12H2,1-2H3. The molecule has 20 heavy (non-hydrogen) atoms. The minimum atomic E-state index is 0.277. The fourth-order valence-corrected chi connectivity index (χ4v) is 2.37. The lowest BCUT2D eigenvalue weighted by Crippen LogP contribution is -2.26. The molecule has 0 bridgehead atoms. The molecule has 0 saturated heterocycles. The van der Waals surface area contributed by atoms with E-state index in [2.05, 4.69) is 59.8 Å². The lowest BCUT2D eigenvalue weighted by atomic mass is 10.0. The zero-order chi connectivity index (χ0) is 14.2. The van der Waals surface area contributed by atoms with Crippen LogP contribution < -0.4 is 5.32 Å². The SMILES string of the molecule is CCCNC(Cc1ccccc1)c1cnnn1CCC. The van der Waals surface area contributed by atoms with E-state index < -0.39 is 0 Å². The molecule has 1 N–H and O–H groups in total. The molecule has 2 rings (SSSR count). The highest BCUT2D eigenvalue weighted by Crippen LogP contribution is 2.18. The number of hydrogen-bond donors (Lipinski definition) is 1. The van der Waals surface area contributed by atoms with Crippen LogP contribution in [0.2, 0.25) is 0 Å². The number of aryl methyl sites for hydroxylation is 1. The van der Waals surface area contributed by atoms with E-state index in [1.807, 2.05) is 10.9 Å². The highest BCUT2D eigenvalue weighted by molar-refractivity contribution is 5.18. The molecule has 1 aromatic carbocycles. The Hall–Kier alpha value is -1.68. The van der Waals surface area contributed by atoms with Gasteiger partial charge in [0.2, 0.25) is 0 Å². The lowest BCUT2D eigenvalue weighted by Gasteiger charge is -2.19. The summed E-state index contributed by atoms with van der Waals surface area (Å²) in [5, 5.41) is 11.9. The van der Waals surface area contributed by atoms with Crippen LogP contribution in [-0.4, -0.2) is 21.5 Å². The van der Waals surface area contributed by atoms with E-state index in [1.165, 1.54) is 11.3 Å². The summed E-state index contributed by atoms with van der Waals surface area (Å²) in [4.78, 5) is 0. The number of aromatic nitrogens is 3. The summed E-state index contributed by atoms with van der Waals surface area (Å²) >= 11 is 0. The van der Waals surface area contributed by atoms with Crippen molar-refractivity contribution in [1.29, 1.82) is 0 Å². The van der Waals surface area contributed by atoms with Gasteiger partial charge in [0.15, 0.2) is 0 Å². The second-order valence-corrected chi connectivity index (χ2v) is 5.08. The molecule has 0 aliphatic rings. The van der Waals surface area contributed by atoms with Crippen molar-refractivity contribution < 1.29 is 0 Å². The van der Waals surface area contributed by atoms with Crippen molar-refractivity contribution in [3.63, 3.8) is 0 Å². The number of nitrogens with one attached hydrogen (secondary N) is 1. The van der Waals surface area contributed by atoms with E-state index in [4.69, 9.17) is 0 Å². The number of benzene rings is 1. The van der Waals surface area contributed by atoms with Gasteiger partial charge >= 0.3 is 0 Å². The minimum absolute atomic E-state index is 0.277. The van der Waals surface area contributed by atoms with Gasteiger partial charge in [-0.15, -0.1) is 5.10 Å². The summed E-state index contributed by atoms with van der Waals surface area (Å²) < 4.78 is 2.02. The largest absolute Gasteiger partial charge is 0.308 e. The minimum Gasteiger partial charge on any atom is -0.308 e. The predicted octanol–water partition coefficient (Wildman–Crippen LogP) is 2.97. The second kappa shape index (κ2) is 7.80. The van der Waals surface area contributed by atoms with E-state index in [-0.39, 0.29) is 6.04 Å². The summed E-state index contributed by atoms with van der Waals surface area (Å²) in [6.45, 7) is 6.29. The van der Waals surface area contributed by atoms with E-state index >= 15 is 0 Å². The van der Waals surface area contributed by atoms with Crippen LogP contribution in [0.1, 0.15) is 44.0 Å². The molecule has 0 spiro atoms. The van der Waals surface area contributed by atoms with Crippen molar-refractivity contribution in [3.05, 3.63) is 47.8 Å². The van der Waals surface area contributed by atoms with Gasteiger partial charge in [0.1, 0.15) is 0 Å². The zero-order valence-corrected chi connectivity index (χ0v) is 12.4. The molecule has 0 fully saturated rings. The normalized spacial score (nSPS) is 12.5. The predicted molar refractivity (Wildman–Crippen MR) is 81.5 cm³/mol. The van der Waals surface area contributed by atoms with Gasteiger partial charge in [-0.3, -0.25) is 0 Å². The quantitative estimate of drug-likeness (QED) is 0.803. The van der Waals surface area contributed by atoms with Crippen molar-refractivity contribution in [2.24, 2.45) is 0 Å². The Labute approximate surface area is 121 Å². The van der Waals surface area contributed by atoms with Gasteiger partial charge in [-0.05, 0) is 31.4 Å². The number of nitrogens with zero attached hydrogens (tertiary/aromatic N) is 3. The molecular weight excluding hydrogens is 248 g/mol. The highest BCUT2D eigenvalue weighted by Gasteiger charge is 2.16. The molecule has 1 atom stereocenters. The first-order valence-corrected chi connectivity index (χ1v) is 7.50. The molecule has 1 heterocycles. The summed E-state index contributed by atoms with van der Waals surface area (Å²) in [5.74, 6) is 0. The maximum atomic E-state index is 4.20. The van der Waals surface area contributed by atoms with Gasteiger partial charge in [0, 0.05) is 6.54 Å². The third-order valence-electron chi connectivity index (χ3n) is 3.36. The molecule has 2 aromatic rings. The maximum absolute atomic E-state index is 4.20. The van der Waals surface area contributed by atoms with Gasteiger partial charge in [0.25, 0.3) is 0 Å². The average molecular weight is 272 g/mol. The molecule has 1 unspecified atom stereocenters. The van der Waals surface area contributed by atoms with Crippen molar-refractivity contribution in [1.82, 2.24) is 20.3 Å². The summed E-state index contributed by atoms with van der Waals surface area (Å²) in [6.07, 6.45) is 5.06. The van der Waals surface area contributed by atoms with E-state index in [9.17, 15) is 0 Å². The van der Waals surface area contributed by atoms with Crippen molar-refractivity contribution in [2.45, 2.75) is 45.7 Å².